The zero-order chi connectivity index (χ0) is 12.4. The lowest BCUT2D eigenvalue weighted by molar-refractivity contribution is 1.45. The van der Waals surface area contributed by atoms with Gasteiger partial charge in [0.1, 0.15) is 0 Å². The van der Waals surface area contributed by atoms with E-state index in [4.69, 9.17) is 0 Å². The predicted molar refractivity (Wildman–Crippen MR) is 74.9 cm³/mol. The van der Waals surface area contributed by atoms with Crippen molar-refractivity contribution in [3.05, 3.63) is 53.7 Å². The highest BCUT2D eigenvalue weighted by molar-refractivity contribution is 5.74. The fourth-order valence-electron chi connectivity index (χ4n) is 1.24. The quantitative estimate of drug-likeness (QED) is 0.514. The van der Waals surface area contributed by atoms with Gasteiger partial charge in [0.05, 0.1) is 0 Å². The first kappa shape index (κ1) is 14.4. The van der Waals surface area contributed by atoms with Gasteiger partial charge in [0.15, 0.2) is 0 Å². The normalized spacial score (nSPS) is 10.9. The van der Waals surface area contributed by atoms with Crippen LogP contribution in [0.4, 0.5) is 0 Å². The monoisotopic (exact) mass is 215 g/mol. The highest BCUT2D eigenvalue weighted by Crippen LogP contribution is 2.16. The molecule has 0 fully saturated rings. The molecule has 1 rings (SSSR count). The highest BCUT2D eigenvalue weighted by atomic mass is 14.6. The number of benzene rings is 1. The minimum Gasteiger partial charge on any atom is -0.272 e. The first-order valence-corrected chi connectivity index (χ1v) is 5.63. The summed E-state index contributed by atoms with van der Waals surface area (Å²) in [5, 5.41) is 0. The lowest BCUT2D eigenvalue weighted by atomic mass is 10.1. The van der Waals surface area contributed by atoms with E-state index < -0.39 is 0 Å². The fourth-order valence-corrected chi connectivity index (χ4v) is 1.24. The van der Waals surface area contributed by atoms with Crippen molar-refractivity contribution in [2.24, 2.45) is 4.99 Å². The van der Waals surface area contributed by atoms with Crippen LogP contribution in [0.3, 0.4) is 0 Å². The van der Waals surface area contributed by atoms with Crippen molar-refractivity contribution in [3.63, 3.8) is 0 Å². The van der Waals surface area contributed by atoms with Crippen LogP contribution in [0.2, 0.25) is 0 Å². The number of hydrogen-bond donors (Lipinski definition) is 0. The van der Waals surface area contributed by atoms with Crippen molar-refractivity contribution in [2.75, 3.05) is 0 Å². The smallest absolute Gasteiger partial charge is 0.0338 e. The van der Waals surface area contributed by atoms with E-state index in [0.717, 1.165) is 5.57 Å². The zero-order valence-corrected chi connectivity index (χ0v) is 10.7. The summed E-state index contributed by atoms with van der Waals surface area (Å²) in [6, 6.07) is 8.37. The van der Waals surface area contributed by atoms with Gasteiger partial charge in [-0.05, 0) is 31.7 Å². The van der Waals surface area contributed by atoms with E-state index in [0.29, 0.717) is 0 Å². The molecule has 1 heteroatoms. The summed E-state index contributed by atoms with van der Waals surface area (Å²) in [4.78, 5) is 3.79. The Balaban J connectivity index is 0.00000106. The van der Waals surface area contributed by atoms with Gasteiger partial charge in [0.25, 0.3) is 0 Å². The molecule has 0 unspecified atom stereocenters. The van der Waals surface area contributed by atoms with Crippen LogP contribution >= 0.6 is 0 Å². The number of rotatable bonds is 3. The fraction of sp³-hybridized carbons (Fsp3) is 0.267. The predicted octanol–water partition coefficient (Wildman–Crippen LogP) is 4.64. The van der Waals surface area contributed by atoms with E-state index >= 15 is 0 Å². The second-order valence-corrected chi connectivity index (χ2v) is 3.13. The van der Waals surface area contributed by atoms with Crippen LogP contribution in [0.25, 0.3) is 5.57 Å². The average molecular weight is 215 g/mol. The summed E-state index contributed by atoms with van der Waals surface area (Å²) < 4.78 is 0. The van der Waals surface area contributed by atoms with E-state index in [9.17, 15) is 0 Å². The third-order valence-corrected chi connectivity index (χ3v) is 1.96. The van der Waals surface area contributed by atoms with Crippen LogP contribution in [-0.2, 0) is 0 Å². The van der Waals surface area contributed by atoms with Crippen LogP contribution < -0.4 is 0 Å². The maximum absolute atomic E-state index is 3.79. The number of allylic oxidation sites excluding steroid dienone is 3. The molecule has 1 aromatic rings. The van der Waals surface area contributed by atoms with Gasteiger partial charge < -0.3 is 0 Å². The Hall–Kier alpha value is -1.63. The molecule has 0 bridgehead atoms. The van der Waals surface area contributed by atoms with Crippen LogP contribution in [0.5, 0.6) is 0 Å². The molecule has 0 N–H and O–H groups in total. The lowest BCUT2D eigenvalue weighted by Crippen LogP contribution is -1.80. The SMILES string of the molecule is C=N/C=C(\C=C/C)c1ccc(C)cc1.CC. The summed E-state index contributed by atoms with van der Waals surface area (Å²) >= 11 is 0. The second kappa shape index (κ2) is 8.66. The number of hydrogen-bond acceptors (Lipinski definition) is 1. The summed E-state index contributed by atoms with van der Waals surface area (Å²) in [6.45, 7) is 11.5. The molecule has 0 spiro atoms. The molecule has 0 aliphatic rings. The van der Waals surface area contributed by atoms with Gasteiger partial charge in [-0.25, -0.2) is 0 Å². The molecule has 0 atom stereocenters. The van der Waals surface area contributed by atoms with Gasteiger partial charge >= 0.3 is 0 Å². The number of aryl methyl sites for hydroxylation is 1. The Kier molecular flexibility index (Phi) is 7.78. The van der Waals surface area contributed by atoms with E-state index in [1.807, 2.05) is 32.9 Å². The van der Waals surface area contributed by atoms with Crippen molar-refractivity contribution in [1.82, 2.24) is 0 Å². The topological polar surface area (TPSA) is 12.4 Å². The Labute approximate surface area is 99.2 Å². The molecule has 0 heterocycles. The van der Waals surface area contributed by atoms with Gasteiger partial charge in [0, 0.05) is 6.20 Å². The third-order valence-electron chi connectivity index (χ3n) is 1.96. The first-order valence-electron chi connectivity index (χ1n) is 5.63. The minimum absolute atomic E-state index is 1.09. The standard InChI is InChI=1S/C13H15N.C2H6/c1-4-5-13(10-14-3)12-8-6-11(2)7-9-12;1-2/h4-10H,3H2,1-2H3;1-2H3/b5-4-,13-10+;. The number of nitrogens with zero attached hydrogens (tertiary/aromatic N) is 1. The molecule has 0 aromatic heterocycles. The van der Waals surface area contributed by atoms with Crippen molar-refractivity contribution in [1.29, 1.82) is 0 Å². The Morgan fingerprint density at radius 1 is 1.19 bits per heavy atom. The van der Waals surface area contributed by atoms with Crippen LogP contribution in [-0.4, -0.2) is 6.72 Å². The van der Waals surface area contributed by atoms with Gasteiger partial charge in [-0.15, -0.1) is 0 Å². The maximum atomic E-state index is 3.79. The summed E-state index contributed by atoms with van der Waals surface area (Å²) in [5.41, 5.74) is 3.52. The van der Waals surface area contributed by atoms with Crippen molar-refractivity contribution in [3.8, 4) is 0 Å². The maximum Gasteiger partial charge on any atom is 0.0338 e. The molecule has 0 saturated carbocycles. The van der Waals surface area contributed by atoms with E-state index in [1.54, 1.807) is 6.20 Å². The molecular formula is C15H21N. The van der Waals surface area contributed by atoms with Crippen molar-refractivity contribution in [2.45, 2.75) is 27.7 Å². The Bertz CT molecular complexity index is 356. The first-order chi connectivity index (χ1) is 7.77. The molecule has 0 radical (unpaired) electrons. The lowest BCUT2D eigenvalue weighted by Gasteiger charge is -2.01. The molecule has 1 nitrogen and oxygen atoms in total. The minimum atomic E-state index is 1.09. The van der Waals surface area contributed by atoms with E-state index in [2.05, 4.69) is 42.9 Å². The number of aliphatic imine (C=N–C) groups is 1. The van der Waals surface area contributed by atoms with Crippen molar-refractivity contribution < 1.29 is 0 Å². The molecule has 0 aliphatic carbocycles. The van der Waals surface area contributed by atoms with Crippen LogP contribution in [0, 0.1) is 6.92 Å². The second-order valence-electron chi connectivity index (χ2n) is 3.13. The van der Waals surface area contributed by atoms with E-state index in [1.165, 1.54) is 11.1 Å². The molecule has 86 valence electrons. The van der Waals surface area contributed by atoms with Crippen LogP contribution in [0.15, 0.2) is 47.6 Å². The molecule has 0 aliphatic heterocycles. The van der Waals surface area contributed by atoms with E-state index in [-0.39, 0.29) is 0 Å². The molecule has 0 amide bonds. The largest absolute Gasteiger partial charge is 0.272 e. The van der Waals surface area contributed by atoms with Gasteiger partial charge in [-0.3, -0.25) is 4.99 Å². The highest BCUT2D eigenvalue weighted by Gasteiger charge is 1.95. The molecule has 0 saturated heterocycles. The van der Waals surface area contributed by atoms with Gasteiger partial charge in [-0.2, -0.15) is 0 Å². The average Bonchev–Trinajstić information content (AvgIpc) is 2.32. The Morgan fingerprint density at radius 3 is 2.19 bits per heavy atom. The van der Waals surface area contributed by atoms with Crippen LogP contribution in [0.1, 0.15) is 31.9 Å². The zero-order valence-electron chi connectivity index (χ0n) is 10.7. The molecule has 16 heavy (non-hydrogen) atoms. The van der Waals surface area contributed by atoms with Gasteiger partial charge in [0.2, 0.25) is 0 Å². The van der Waals surface area contributed by atoms with Crippen molar-refractivity contribution >= 4 is 12.3 Å². The van der Waals surface area contributed by atoms with Gasteiger partial charge in [-0.1, -0.05) is 55.8 Å². The molecule has 1 aromatic carbocycles. The summed E-state index contributed by atoms with van der Waals surface area (Å²) in [6.07, 6.45) is 5.79. The Morgan fingerprint density at radius 2 is 1.75 bits per heavy atom. The third kappa shape index (κ3) is 4.74. The summed E-state index contributed by atoms with van der Waals surface area (Å²) in [7, 11) is 0. The molecular weight excluding hydrogens is 194 g/mol. The summed E-state index contributed by atoms with van der Waals surface area (Å²) in [5.74, 6) is 0.